The van der Waals surface area contributed by atoms with Crippen molar-refractivity contribution in [1.82, 2.24) is 9.62 Å². The van der Waals surface area contributed by atoms with Crippen molar-refractivity contribution in [1.29, 1.82) is 0 Å². The molecule has 4 heteroatoms. The molecule has 8 heavy (non-hydrogen) atoms. The Morgan fingerprint density at radius 2 is 2.38 bits per heavy atom. The highest BCUT2D eigenvalue weighted by Gasteiger charge is 2.14. The summed E-state index contributed by atoms with van der Waals surface area (Å²) in [5.74, 6) is 0. The molecule has 0 aromatic rings. The Hall–Kier alpha value is 1.00. The number of hydrogen-bond donors (Lipinski definition) is 2. The van der Waals surface area contributed by atoms with Gasteiger partial charge in [-0.2, -0.15) is 0 Å². The molecule has 0 aromatic carbocycles. The second-order valence-electron chi connectivity index (χ2n) is 1.79. The number of thiol groups is 1. The van der Waals surface area contributed by atoms with Gasteiger partial charge in [0.2, 0.25) is 0 Å². The lowest BCUT2D eigenvalue weighted by molar-refractivity contribution is 0.446. The van der Waals surface area contributed by atoms with E-state index in [-0.39, 0.29) is 24.0 Å². The number of nitrogens with one attached hydrogen (secondary N) is 1. The summed E-state index contributed by atoms with van der Waals surface area (Å²) in [5, 5.41) is 3.22. The van der Waals surface area contributed by atoms with Crippen LogP contribution >= 0.6 is 36.8 Å². The van der Waals surface area contributed by atoms with Gasteiger partial charge in [0, 0.05) is 13.1 Å². The third kappa shape index (κ3) is 2.08. The number of nitrogens with zero attached hydrogens (tertiary/aromatic N) is 1. The van der Waals surface area contributed by atoms with Gasteiger partial charge in [0.1, 0.15) is 0 Å². The van der Waals surface area contributed by atoms with Crippen LogP contribution < -0.4 is 5.32 Å². The highest BCUT2D eigenvalue weighted by molar-refractivity contribution is 14.0. The molecule has 0 aromatic heterocycles. The van der Waals surface area contributed by atoms with E-state index in [0.717, 1.165) is 13.1 Å². The Bertz CT molecular complexity index is 63.1. The van der Waals surface area contributed by atoms with Crippen LogP contribution in [-0.4, -0.2) is 23.6 Å². The molecule has 0 amide bonds. The third-order valence-corrected chi connectivity index (χ3v) is 1.77. The maximum absolute atomic E-state index is 4.16. The van der Waals surface area contributed by atoms with Crippen molar-refractivity contribution < 1.29 is 0 Å². The second kappa shape index (κ2) is 3.92. The highest BCUT2D eigenvalue weighted by atomic mass is 127. The van der Waals surface area contributed by atoms with E-state index in [1.54, 1.807) is 0 Å². The minimum atomic E-state index is 0. The topological polar surface area (TPSA) is 15.3 Å². The summed E-state index contributed by atoms with van der Waals surface area (Å²) in [7, 11) is 0. The summed E-state index contributed by atoms with van der Waals surface area (Å²) in [6.07, 6.45) is 0.461. The van der Waals surface area contributed by atoms with Crippen LogP contribution in [0.25, 0.3) is 0 Å². The smallest absolute Gasteiger partial charge is 0.0665 e. The van der Waals surface area contributed by atoms with Crippen LogP contribution in [-0.2, 0) is 0 Å². The summed E-state index contributed by atoms with van der Waals surface area (Å²) in [5.41, 5.74) is 0. The molecule has 1 aliphatic rings. The SMILES string of the molecule is CC1NCCN1S.I. The van der Waals surface area contributed by atoms with Gasteiger partial charge in [0.15, 0.2) is 0 Å². The second-order valence-corrected chi connectivity index (χ2v) is 2.31. The monoisotopic (exact) mass is 246 g/mol. The van der Waals surface area contributed by atoms with Crippen LogP contribution in [0.2, 0.25) is 0 Å². The Labute approximate surface area is 72.6 Å². The zero-order chi connectivity index (χ0) is 5.28. The molecule has 50 valence electrons. The molecule has 1 heterocycles. The maximum Gasteiger partial charge on any atom is 0.0665 e. The van der Waals surface area contributed by atoms with Crippen molar-refractivity contribution in [3.8, 4) is 0 Å². The van der Waals surface area contributed by atoms with Crippen LogP contribution in [0.15, 0.2) is 0 Å². The van der Waals surface area contributed by atoms with E-state index in [2.05, 4.69) is 25.1 Å². The number of halogens is 1. The Morgan fingerprint density at radius 1 is 1.75 bits per heavy atom. The zero-order valence-electron chi connectivity index (χ0n) is 4.79. The Balaban J connectivity index is 0.000000490. The standard InChI is InChI=1S/C4H10N2S.HI/c1-4-5-2-3-6(4)7;/h4-5,7H,2-3H2,1H3;1H. The summed E-state index contributed by atoms with van der Waals surface area (Å²) < 4.78 is 1.99. The van der Waals surface area contributed by atoms with Crippen molar-refractivity contribution in [2.24, 2.45) is 0 Å². The lowest BCUT2D eigenvalue weighted by Crippen LogP contribution is -2.25. The molecular formula is C4H11IN2S. The first kappa shape index (κ1) is 9.00. The van der Waals surface area contributed by atoms with Crippen molar-refractivity contribution in [3.63, 3.8) is 0 Å². The minimum absolute atomic E-state index is 0. The molecule has 1 N–H and O–H groups in total. The zero-order valence-corrected chi connectivity index (χ0v) is 8.02. The van der Waals surface area contributed by atoms with E-state index in [9.17, 15) is 0 Å². The first-order chi connectivity index (χ1) is 3.30. The number of rotatable bonds is 0. The van der Waals surface area contributed by atoms with Gasteiger partial charge in [0.05, 0.1) is 6.17 Å². The van der Waals surface area contributed by atoms with Gasteiger partial charge in [-0.15, -0.1) is 24.0 Å². The average Bonchev–Trinajstić information content (AvgIpc) is 1.91. The fraction of sp³-hybridized carbons (Fsp3) is 1.00. The van der Waals surface area contributed by atoms with Crippen LogP contribution in [0, 0.1) is 0 Å². The van der Waals surface area contributed by atoms with Gasteiger partial charge < -0.3 is 0 Å². The van der Waals surface area contributed by atoms with Gasteiger partial charge in [-0.1, -0.05) is 12.8 Å². The van der Waals surface area contributed by atoms with E-state index in [1.165, 1.54) is 0 Å². The average molecular weight is 246 g/mol. The highest BCUT2D eigenvalue weighted by Crippen LogP contribution is 2.02. The minimum Gasteiger partial charge on any atom is -0.300 e. The molecule has 1 saturated heterocycles. The molecular weight excluding hydrogens is 235 g/mol. The van der Waals surface area contributed by atoms with E-state index >= 15 is 0 Å². The van der Waals surface area contributed by atoms with Gasteiger partial charge in [-0.3, -0.25) is 5.32 Å². The van der Waals surface area contributed by atoms with Crippen LogP contribution in [0.1, 0.15) is 6.92 Å². The summed E-state index contributed by atoms with van der Waals surface area (Å²) in [4.78, 5) is 0. The largest absolute Gasteiger partial charge is 0.300 e. The quantitative estimate of drug-likeness (QED) is 0.483. The van der Waals surface area contributed by atoms with Gasteiger partial charge in [0.25, 0.3) is 0 Å². The van der Waals surface area contributed by atoms with E-state index in [4.69, 9.17) is 0 Å². The molecule has 1 rings (SSSR count). The lowest BCUT2D eigenvalue weighted by Gasteiger charge is -2.10. The normalized spacial score (nSPS) is 30.0. The molecule has 0 radical (unpaired) electrons. The molecule has 2 nitrogen and oxygen atoms in total. The fourth-order valence-corrected chi connectivity index (χ4v) is 0.869. The Morgan fingerprint density at radius 3 is 2.50 bits per heavy atom. The fourth-order valence-electron chi connectivity index (χ4n) is 0.687. The lowest BCUT2D eigenvalue weighted by atomic mass is 10.6. The molecule has 0 aliphatic carbocycles. The van der Waals surface area contributed by atoms with Crippen LogP contribution in [0.5, 0.6) is 0 Å². The number of hydrogen-bond acceptors (Lipinski definition) is 3. The molecule has 1 atom stereocenters. The van der Waals surface area contributed by atoms with E-state index in [0.29, 0.717) is 6.17 Å². The first-order valence-corrected chi connectivity index (χ1v) is 2.89. The van der Waals surface area contributed by atoms with E-state index < -0.39 is 0 Å². The van der Waals surface area contributed by atoms with E-state index in [1.807, 2.05) is 4.31 Å². The summed E-state index contributed by atoms with van der Waals surface area (Å²) in [6.45, 7) is 4.23. The predicted molar refractivity (Wildman–Crippen MR) is 48.6 cm³/mol. The van der Waals surface area contributed by atoms with Gasteiger partial charge in [-0.25, -0.2) is 4.31 Å². The maximum atomic E-state index is 4.16. The Kier molecular flexibility index (Phi) is 4.41. The van der Waals surface area contributed by atoms with Crippen molar-refractivity contribution in [2.75, 3.05) is 13.1 Å². The molecule has 1 aliphatic heterocycles. The summed E-state index contributed by atoms with van der Waals surface area (Å²) >= 11 is 4.16. The predicted octanol–water partition coefficient (Wildman–Crippen LogP) is 0.700. The van der Waals surface area contributed by atoms with Crippen molar-refractivity contribution in [3.05, 3.63) is 0 Å². The summed E-state index contributed by atoms with van der Waals surface area (Å²) in [6, 6.07) is 0. The molecule has 0 spiro atoms. The molecule has 1 unspecified atom stereocenters. The van der Waals surface area contributed by atoms with Crippen LogP contribution in [0.3, 0.4) is 0 Å². The van der Waals surface area contributed by atoms with Gasteiger partial charge >= 0.3 is 0 Å². The molecule has 0 saturated carbocycles. The third-order valence-electron chi connectivity index (χ3n) is 1.23. The first-order valence-electron chi connectivity index (χ1n) is 2.49. The molecule has 1 fully saturated rings. The van der Waals surface area contributed by atoms with Crippen molar-refractivity contribution >= 4 is 36.8 Å². The van der Waals surface area contributed by atoms with Gasteiger partial charge in [-0.05, 0) is 6.92 Å². The molecule has 0 bridgehead atoms. The van der Waals surface area contributed by atoms with Crippen LogP contribution in [0.4, 0.5) is 0 Å². The van der Waals surface area contributed by atoms with Crippen molar-refractivity contribution in [2.45, 2.75) is 13.1 Å².